The summed E-state index contributed by atoms with van der Waals surface area (Å²) in [5.74, 6) is -0.201. The molecule has 1 N–H and O–H groups in total. The minimum Gasteiger partial charge on any atom is -0.286 e. The second-order valence-electron chi connectivity index (χ2n) is 6.56. The molecule has 0 aliphatic carbocycles. The zero-order valence-corrected chi connectivity index (χ0v) is 14.6. The van der Waals surface area contributed by atoms with Gasteiger partial charge >= 0.3 is 6.35 Å². The average Bonchev–Trinajstić information content (AvgIpc) is 2.24. The maximum Gasteiger partial charge on any atom is 0.331 e. The summed E-state index contributed by atoms with van der Waals surface area (Å²) in [5.41, 5.74) is 0. The smallest absolute Gasteiger partial charge is 0.286 e. The van der Waals surface area contributed by atoms with Gasteiger partial charge in [-0.3, -0.25) is 18.3 Å². The molecule has 122 valence electrons. The largest absolute Gasteiger partial charge is 0.331 e. The molecule has 0 aromatic carbocycles. The molecule has 7 heteroatoms. The van der Waals surface area contributed by atoms with E-state index in [0.717, 1.165) is 23.9 Å². The molecular weight excluding hydrogens is 280 g/mol. The zero-order chi connectivity index (χ0) is 16.0. The molecule has 1 unspecified atom stereocenters. The van der Waals surface area contributed by atoms with Crippen molar-refractivity contribution in [1.82, 2.24) is 0 Å². The minimum atomic E-state index is -3.88. The van der Waals surface area contributed by atoms with E-state index in [4.69, 9.17) is 9.29 Å². The van der Waals surface area contributed by atoms with E-state index in [-0.39, 0.29) is 12.1 Å². The highest BCUT2D eigenvalue weighted by atomic mass is 32.2. The summed E-state index contributed by atoms with van der Waals surface area (Å²) in [6.07, 6.45) is 2.61. The van der Waals surface area contributed by atoms with Gasteiger partial charge in [0.2, 0.25) is 0 Å². The van der Waals surface area contributed by atoms with Gasteiger partial charge in [0.05, 0.1) is 47.0 Å². The fourth-order valence-corrected chi connectivity index (χ4v) is 3.35. The summed E-state index contributed by atoms with van der Waals surface area (Å²) in [6, 6.07) is 0. The molecule has 1 atom stereocenters. The topological polar surface area (TPSA) is 63.6 Å². The molecule has 0 amide bonds. The van der Waals surface area contributed by atoms with Crippen LogP contribution in [0.3, 0.4) is 0 Å². The van der Waals surface area contributed by atoms with Crippen molar-refractivity contribution in [2.24, 2.45) is 0 Å². The summed E-state index contributed by atoms with van der Waals surface area (Å²) < 4.78 is 37.4. The Kier molecular flexibility index (Phi) is 7.62. The van der Waals surface area contributed by atoms with Crippen molar-refractivity contribution in [3.63, 3.8) is 0 Å². The molecule has 0 rings (SSSR count). The zero-order valence-electron chi connectivity index (χ0n) is 13.8. The van der Waals surface area contributed by atoms with Crippen LogP contribution in [0.15, 0.2) is 0 Å². The van der Waals surface area contributed by atoms with E-state index in [2.05, 4.69) is 21.0 Å². The van der Waals surface area contributed by atoms with Gasteiger partial charge in [0, 0.05) is 13.5 Å². The van der Waals surface area contributed by atoms with Crippen LogP contribution in [0.25, 0.3) is 0 Å². The molecule has 0 aliphatic rings. The molecule has 0 radical (unpaired) electrons. The fourth-order valence-electron chi connectivity index (χ4n) is 2.86. The Morgan fingerprint density at radius 3 is 1.85 bits per heavy atom. The second kappa shape index (κ2) is 7.70. The van der Waals surface area contributed by atoms with E-state index in [0.29, 0.717) is 17.4 Å². The van der Waals surface area contributed by atoms with Gasteiger partial charge in [0.15, 0.2) is 0 Å². The number of quaternary nitrogens is 2. The standard InChI is InChI=1S/C13H31N2O4S/c1-7-8-10-14(2,3)13(19-6)15(4,5)11-9-12-20(16,17)18/h13H,7-12H2,1-6H3/q+1/p+1. The number of nitrogens with zero attached hydrogens (tertiary/aromatic N) is 2. The van der Waals surface area contributed by atoms with Crippen molar-refractivity contribution >= 4 is 10.1 Å². The van der Waals surface area contributed by atoms with Crippen LogP contribution in [0.2, 0.25) is 0 Å². The monoisotopic (exact) mass is 312 g/mol. The van der Waals surface area contributed by atoms with Crippen molar-refractivity contribution in [3.05, 3.63) is 0 Å². The highest BCUT2D eigenvalue weighted by Crippen LogP contribution is 2.19. The lowest BCUT2D eigenvalue weighted by Gasteiger charge is -2.45. The number of ether oxygens (including phenoxy) is 1. The van der Waals surface area contributed by atoms with Crippen LogP contribution in [-0.2, 0) is 14.9 Å². The van der Waals surface area contributed by atoms with Crippen LogP contribution >= 0.6 is 0 Å². The van der Waals surface area contributed by atoms with Crippen LogP contribution in [-0.4, -0.2) is 82.4 Å². The van der Waals surface area contributed by atoms with Crippen LogP contribution in [0.4, 0.5) is 0 Å². The van der Waals surface area contributed by atoms with E-state index in [1.165, 1.54) is 0 Å². The van der Waals surface area contributed by atoms with Crippen molar-refractivity contribution < 1.29 is 26.7 Å². The van der Waals surface area contributed by atoms with E-state index in [1.807, 2.05) is 14.1 Å². The van der Waals surface area contributed by atoms with E-state index < -0.39 is 10.1 Å². The first-order valence-electron chi connectivity index (χ1n) is 7.09. The Morgan fingerprint density at radius 1 is 1.05 bits per heavy atom. The van der Waals surface area contributed by atoms with Gasteiger partial charge in [-0.1, -0.05) is 13.3 Å². The number of hydrogen-bond acceptors (Lipinski definition) is 3. The molecule has 0 bridgehead atoms. The summed E-state index contributed by atoms with van der Waals surface area (Å²) in [5, 5.41) is 0. The molecule has 20 heavy (non-hydrogen) atoms. The Morgan fingerprint density at radius 2 is 1.50 bits per heavy atom. The van der Waals surface area contributed by atoms with Crippen LogP contribution in [0.5, 0.6) is 0 Å². The first kappa shape index (κ1) is 19.8. The van der Waals surface area contributed by atoms with Crippen molar-refractivity contribution in [2.45, 2.75) is 32.5 Å². The highest BCUT2D eigenvalue weighted by molar-refractivity contribution is 7.85. The maximum atomic E-state index is 10.8. The fraction of sp³-hybridized carbons (Fsp3) is 1.00. The quantitative estimate of drug-likeness (QED) is 0.373. The Balaban J connectivity index is 4.75. The summed E-state index contributed by atoms with van der Waals surface area (Å²) in [4.78, 5) is 0. The van der Waals surface area contributed by atoms with Crippen LogP contribution in [0, 0.1) is 0 Å². The summed E-state index contributed by atoms with van der Waals surface area (Å²) in [6.45, 7) is 3.80. The highest BCUT2D eigenvalue weighted by Gasteiger charge is 2.41. The van der Waals surface area contributed by atoms with E-state index in [1.54, 1.807) is 7.11 Å². The van der Waals surface area contributed by atoms with Gasteiger partial charge < -0.3 is 0 Å². The summed E-state index contributed by atoms with van der Waals surface area (Å²) >= 11 is 0. The van der Waals surface area contributed by atoms with E-state index >= 15 is 0 Å². The molecule has 0 aromatic heterocycles. The normalized spacial score (nSPS) is 15.3. The van der Waals surface area contributed by atoms with Crippen LogP contribution < -0.4 is 0 Å². The second-order valence-corrected chi connectivity index (χ2v) is 8.13. The maximum absolute atomic E-state index is 10.8. The lowest BCUT2D eigenvalue weighted by atomic mass is 10.3. The first-order chi connectivity index (χ1) is 8.96. The lowest BCUT2D eigenvalue weighted by Crippen LogP contribution is -2.65. The predicted molar refractivity (Wildman–Crippen MR) is 80.7 cm³/mol. The number of hydrogen-bond donors (Lipinski definition) is 1. The number of unbranched alkanes of at least 4 members (excludes halogenated alkanes) is 1. The van der Waals surface area contributed by atoms with Gasteiger partial charge in [-0.25, -0.2) is 0 Å². The molecular formula is C13H32N2O4S+2. The van der Waals surface area contributed by atoms with Crippen molar-refractivity contribution in [3.8, 4) is 0 Å². The van der Waals surface area contributed by atoms with Crippen molar-refractivity contribution in [1.29, 1.82) is 0 Å². The first-order valence-corrected chi connectivity index (χ1v) is 8.70. The molecule has 0 fully saturated rings. The van der Waals surface area contributed by atoms with Gasteiger partial charge in [0.25, 0.3) is 10.1 Å². The van der Waals surface area contributed by atoms with Gasteiger partial charge in [-0.2, -0.15) is 8.42 Å². The van der Waals surface area contributed by atoms with Crippen molar-refractivity contribution in [2.75, 3.05) is 54.1 Å². The Labute approximate surface area is 124 Å². The van der Waals surface area contributed by atoms with Crippen LogP contribution in [0.1, 0.15) is 26.2 Å². The van der Waals surface area contributed by atoms with E-state index in [9.17, 15) is 8.42 Å². The van der Waals surface area contributed by atoms with Gasteiger partial charge in [0.1, 0.15) is 0 Å². The third kappa shape index (κ3) is 6.99. The Hall–Kier alpha value is -0.210. The van der Waals surface area contributed by atoms with Gasteiger partial charge in [-0.15, -0.1) is 0 Å². The predicted octanol–water partition coefficient (Wildman–Crippen LogP) is 1.15. The summed E-state index contributed by atoms with van der Waals surface area (Å²) in [7, 11) is 6.14. The Bertz CT molecular complexity index is 380. The average molecular weight is 312 g/mol. The molecule has 0 spiro atoms. The van der Waals surface area contributed by atoms with Gasteiger partial charge in [-0.05, 0) is 6.42 Å². The SMILES string of the molecule is CCCC[N+](C)(C)C(OC)[N+](C)(C)CCCS(=O)(=O)O. The molecule has 0 heterocycles. The molecule has 6 nitrogen and oxygen atoms in total. The molecule has 0 aromatic rings. The lowest BCUT2D eigenvalue weighted by molar-refractivity contribution is -1.13. The molecule has 0 saturated carbocycles. The minimum absolute atomic E-state index is 0.0667. The molecule has 0 aliphatic heterocycles. The number of methoxy groups -OCH3 is 1. The number of rotatable bonds is 10. The molecule has 0 saturated heterocycles. The third-order valence-corrected chi connectivity index (χ3v) is 4.44. The third-order valence-electron chi connectivity index (χ3n) is 3.63.